The van der Waals surface area contributed by atoms with Crippen molar-refractivity contribution < 1.29 is 4.79 Å². The largest absolute Gasteiger partial charge is 0.339 e. The minimum Gasteiger partial charge on any atom is -0.339 e. The molecule has 1 aromatic heterocycles. The van der Waals surface area contributed by atoms with E-state index in [1.807, 2.05) is 35.2 Å². The van der Waals surface area contributed by atoms with Gasteiger partial charge in [-0.3, -0.25) is 4.79 Å². The van der Waals surface area contributed by atoms with Gasteiger partial charge in [0, 0.05) is 31.2 Å². The Balaban J connectivity index is 1.69. The number of anilines is 2. The van der Waals surface area contributed by atoms with E-state index in [9.17, 15) is 4.79 Å². The first-order valence-electron chi connectivity index (χ1n) is 6.76. The highest BCUT2D eigenvalue weighted by atomic mass is 16.2. The van der Waals surface area contributed by atoms with Crippen LogP contribution in [0.15, 0.2) is 42.7 Å². The standard InChI is InChI=1S/C15H16N4O/c20-14(19-8-4-5-9-19)12-10-16-15(17-11-12)18-13-6-2-1-3-7-13/h1-3,6-7,10-11H,4-5,8-9H2,(H,16,17,18). The average molecular weight is 268 g/mol. The molecule has 0 radical (unpaired) electrons. The molecular formula is C15H16N4O. The molecule has 1 aromatic carbocycles. The van der Waals surface area contributed by atoms with Crippen molar-refractivity contribution in [3.05, 3.63) is 48.3 Å². The first kappa shape index (κ1) is 12.6. The molecule has 1 aliphatic rings. The summed E-state index contributed by atoms with van der Waals surface area (Å²) < 4.78 is 0. The highest BCUT2D eigenvalue weighted by molar-refractivity contribution is 5.93. The monoisotopic (exact) mass is 268 g/mol. The summed E-state index contributed by atoms with van der Waals surface area (Å²) >= 11 is 0. The van der Waals surface area contributed by atoms with Crippen LogP contribution in [0.3, 0.4) is 0 Å². The maximum atomic E-state index is 12.1. The Hall–Kier alpha value is -2.43. The Morgan fingerprint density at radius 3 is 2.35 bits per heavy atom. The topological polar surface area (TPSA) is 58.1 Å². The smallest absolute Gasteiger partial charge is 0.256 e. The summed E-state index contributed by atoms with van der Waals surface area (Å²) in [7, 11) is 0. The molecule has 0 atom stereocenters. The van der Waals surface area contributed by atoms with E-state index < -0.39 is 0 Å². The Morgan fingerprint density at radius 1 is 1.05 bits per heavy atom. The number of hydrogen-bond donors (Lipinski definition) is 1. The van der Waals surface area contributed by atoms with Crippen molar-refractivity contribution >= 4 is 17.5 Å². The number of rotatable bonds is 3. The van der Waals surface area contributed by atoms with Crippen LogP contribution in [0.25, 0.3) is 0 Å². The summed E-state index contributed by atoms with van der Waals surface area (Å²) in [6.07, 6.45) is 5.33. The number of para-hydroxylation sites is 1. The molecule has 1 saturated heterocycles. The van der Waals surface area contributed by atoms with Crippen LogP contribution in [0.2, 0.25) is 0 Å². The number of hydrogen-bond acceptors (Lipinski definition) is 4. The fraction of sp³-hybridized carbons (Fsp3) is 0.267. The average Bonchev–Trinajstić information content (AvgIpc) is 3.03. The van der Waals surface area contributed by atoms with Gasteiger partial charge in [-0.1, -0.05) is 18.2 Å². The Bertz CT molecular complexity index is 577. The second-order valence-electron chi connectivity index (χ2n) is 4.79. The van der Waals surface area contributed by atoms with Gasteiger partial charge in [0.05, 0.1) is 5.56 Å². The molecular weight excluding hydrogens is 252 g/mol. The van der Waals surface area contributed by atoms with Crippen molar-refractivity contribution in [3.63, 3.8) is 0 Å². The van der Waals surface area contributed by atoms with E-state index in [0.29, 0.717) is 11.5 Å². The summed E-state index contributed by atoms with van der Waals surface area (Å²) in [4.78, 5) is 22.4. The van der Waals surface area contributed by atoms with Crippen molar-refractivity contribution in [2.24, 2.45) is 0 Å². The van der Waals surface area contributed by atoms with Crippen molar-refractivity contribution in [2.45, 2.75) is 12.8 Å². The predicted molar refractivity (Wildman–Crippen MR) is 76.9 cm³/mol. The molecule has 1 N–H and O–H groups in total. The molecule has 0 unspecified atom stereocenters. The third-order valence-electron chi connectivity index (χ3n) is 3.32. The number of benzene rings is 1. The number of aromatic nitrogens is 2. The number of nitrogens with one attached hydrogen (secondary N) is 1. The molecule has 2 heterocycles. The lowest BCUT2D eigenvalue weighted by Gasteiger charge is -2.14. The van der Waals surface area contributed by atoms with Gasteiger partial charge < -0.3 is 10.2 Å². The first-order valence-corrected chi connectivity index (χ1v) is 6.76. The van der Waals surface area contributed by atoms with E-state index in [-0.39, 0.29) is 5.91 Å². The number of carbonyl (C=O) groups excluding carboxylic acids is 1. The van der Waals surface area contributed by atoms with Gasteiger partial charge in [-0.15, -0.1) is 0 Å². The van der Waals surface area contributed by atoms with Crippen molar-refractivity contribution in [1.29, 1.82) is 0 Å². The lowest BCUT2D eigenvalue weighted by atomic mass is 10.3. The zero-order valence-electron chi connectivity index (χ0n) is 11.1. The quantitative estimate of drug-likeness (QED) is 0.929. The number of amides is 1. The van der Waals surface area contributed by atoms with E-state index in [1.54, 1.807) is 12.4 Å². The van der Waals surface area contributed by atoms with Gasteiger partial charge in [0.1, 0.15) is 0 Å². The maximum Gasteiger partial charge on any atom is 0.256 e. The van der Waals surface area contributed by atoms with Gasteiger partial charge in [-0.05, 0) is 25.0 Å². The third-order valence-corrected chi connectivity index (χ3v) is 3.32. The maximum absolute atomic E-state index is 12.1. The summed E-state index contributed by atoms with van der Waals surface area (Å²) in [6, 6.07) is 9.70. The van der Waals surface area contributed by atoms with Crippen LogP contribution in [0.1, 0.15) is 23.2 Å². The molecule has 0 aliphatic carbocycles. The molecule has 5 nitrogen and oxygen atoms in total. The first-order chi connectivity index (χ1) is 9.83. The van der Waals surface area contributed by atoms with Crippen LogP contribution in [0, 0.1) is 0 Å². The van der Waals surface area contributed by atoms with Gasteiger partial charge in [0.2, 0.25) is 5.95 Å². The highest BCUT2D eigenvalue weighted by Crippen LogP contribution is 2.14. The van der Waals surface area contributed by atoms with E-state index in [0.717, 1.165) is 31.6 Å². The number of carbonyl (C=O) groups is 1. The zero-order chi connectivity index (χ0) is 13.8. The van der Waals surface area contributed by atoms with Gasteiger partial charge in [0.15, 0.2) is 0 Å². The molecule has 1 fully saturated rings. The molecule has 102 valence electrons. The van der Waals surface area contributed by atoms with Crippen LogP contribution in [-0.2, 0) is 0 Å². The van der Waals surface area contributed by atoms with Crippen molar-refractivity contribution in [3.8, 4) is 0 Å². The zero-order valence-corrected chi connectivity index (χ0v) is 11.1. The van der Waals surface area contributed by atoms with Crippen LogP contribution >= 0.6 is 0 Å². The van der Waals surface area contributed by atoms with E-state index in [2.05, 4.69) is 15.3 Å². The molecule has 1 aliphatic heterocycles. The van der Waals surface area contributed by atoms with Gasteiger partial charge in [-0.2, -0.15) is 0 Å². The summed E-state index contributed by atoms with van der Waals surface area (Å²) in [6.45, 7) is 1.67. The van der Waals surface area contributed by atoms with Crippen LogP contribution in [0.5, 0.6) is 0 Å². The summed E-state index contributed by atoms with van der Waals surface area (Å²) in [5.41, 5.74) is 1.47. The van der Waals surface area contributed by atoms with Gasteiger partial charge >= 0.3 is 0 Å². The molecule has 3 rings (SSSR count). The van der Waals surface area contributed by atoms with Crippen LogP contribution in [-0.4, -0.2) is 33.9 Å². The van der Waals surface area contributed by atoms with Crippen LogP contribution in [0.4, 0.5) is 11.6 Å². The van der Waals surface area contributed by atoms with Crippen molar-refractivity contribution in [2.75, 3.05) is 18.4 Å². The van der Waals surface area contributed by atoms with E-state index in [4.69, 9.17) is 0 Å². The lowest BCUT2D eigenvalue weighted by Crippen LogP contribution is -2.27. The molecule has 0 spiro atoms. The third kappa shape index (κ3) is 2.77. The number of likely N-dealkylation sites (tertiary alicyclic amines) is 1. The predicted octanol–water partition coefficient (Wildman–Crippen LogP) is 2.46. The SMILES string of the molecule is O=C(c1cnc(Nc2ccccc2)nc1)N1CCCC1. The summed E-state index contributed by atoms with van der Waals surface area (Å²) in [5, 5.41) is 3.09. The van der Waals surface area contributed by atoms with Gasteiger partial charge in [-0.25, -0.2) is 9.97 Å². The molecule has 2 aromatic rings. The summed E-state index contributed by atoms with van der Waals surface area (Å²) in [5.74, 6) is 0.517. The molecule has 0 saturated carbocycles. The Morgan fingerprint density at radius 2 is 1.70 bits per heavy atom. The fourth-order valence-corrected chi connectivity index (χ4v) is 2.26. The van der Waals surface area contributed by atoms with E-state index >= 15 is 0 Å². The normalized spacial score (nSPS) is 14.3. The molecule has 0 bridgehead atoms. The Labute approximate surface area is 117 Å². The fourth-order valence-electron chi connectivity index (χ4n) is 2.26. The second kappa shape index (κ2) is 5.69. The van der Waals surface area contributed by atoms with Gasteiger partial charge in [0.25, 0.3) is 5.91 Å². The molecule has 20 heavy (non-hydrogen) atoms. The minimum absolute atomic E-state index is 0.0220. The number of nitrogens with zero attached hydrogens (tertiary/aromatic N) is 3. The minimum atomic E-state index is 0.0220. The van der Waals surface area contributed by atoms with Crippen molar-refractivity contribution in [1.82, 2.24) is 14.9 Å². The second-order valence-corrected chi connectivity index (χ2v) is 4.79. The Kier molecular flexibility index (Phi) is 3.58. The highest BCUT2D eigenvalue weighted by Gasteiger charge is 2.19. The molecule has 1 amide bonds. The van der Waals surface area contributed by atoms with Crippen LogP contribution < -0.4 is 5.32 Å². The lowest BCUT2D eigenvalue weighted by molar-refractivity contribution is 0.0792. The van der Waals surface area contributed by atoms with E-state index in [1.165, 1.54) is 0 Å². The molecule has 5 heteroatoms.